The van der Waals surface area contributed by atoms with Crippen molar-refractivity contribution in [3.05, 3.63) is 58.9 Å². The average Bonchev–Trinajstić information content (AvgIpc) is 3.30. The van der Waals surface area contributed by atoms with E-state index in [9.17, 15) is 8.78 Å². The molecule has 0 amide bonds. The van der Waals surface area contributed by atoms with Crippen molar-refractivity contribution in [1.29, 1.82) is 0 Å². The lowest BCUT2D eigenvalue weighted by Gasteiger charge is -2.10. The van der Waals surface area contributed by atoms with Crippen molar-refractivity contribution in [2.75, 3.05) is 7.11 Å². The van der Waals surface area contributed by atoms with Crippen LogP contribution in [-0.4, -0.2) is 17.1 Å². The van der Waals surface area contributed by atoms with Gasteiger partial charge in [-0.1, -0.05) is 12.1 Å². The molecule has 1 aliphatic rings. The highest BCUT2D eigenvalue weighted by Crippen LogP contribution is 2.40. The molecule has 0 radical (unpaired) electrons. The fourth-order valence-corrected chi connectivity index (χ4v) is 2.92. The van der Waals surface area contributed by atoms with E-state index in [0.717, 1.165) is 35.3 Å². The van der Waals surface area contributed by atoms with Crippen LogP contribution in [0.1, 0.15) is 35.7 Å². The molecule has 0 spiro atoms. The van der Waals surface area contributed by atoms with Crippen LogP contribution in [-0.2, 0) is 6.42 Å². The minimum absolute atomic E-state index is 0.0445. The summed E-state index contributed by atoms with van der Waals surface area (Å²) in [5.41, 5.74) is 2.38. The number of aromatic amines is 1. The number of nitrogens with one attached hydrogen (secondary N) is 1. The average molecular weight is 314 g/mol. The number of methoxy groups -OCH3 is 1. The van der Waals surface area contributed by atoms with Crippen molar-refractivity contribution in [3.8, 4) is 5.75 Å². The Morgan fingerprint density at radius 1 is 1.17 bits per heavy atom. The van der Waals surface area contributed by atoms with Gasteiger partial charge < -0.3 is 9.72 Å². The number of ether oxygens (including phenoxy) is 1. The van der Waals surface area contributed by atoms with Crippen LogP contribution < -0.4 is 4.74 Å². The minimum atomic E-state index is -0.548. The Labute approximate surface area is 132 Å². The van der Waals surface area contributed by atoms with Crippen LogP contribution in [0.3, 0.4) is 0 Å². The van der Waals surface area contributed by atoms with Crippen LogP contribution in [0.15, 0.2) is 30.3 Å². The third-order valence-corrected chi connectivity index (χ3v) is 4.31. The van der Waals surface area contributed by atoms with E-state index < -0.39 is 11.6 Å². The van der Waals surface area contributed by atoms with Gasteiger partial charge in [0.2, 0.25) is 0 Å². The quantitative estimate of drug-likeness (QED) is 0.779. The number of hydrogen-bond donors (Lipinski definition) is 1. The minimum Gasteiger partial charge on any atom is -0.494 e. The second kappa shape index (κ2) is 5.33. The standard InChI is InChI=1S/C18H16F2N2O/c1-23-17-11(9-12-13(19)3-2-4-14(12)20)7-8-15-16(17)22-18(21-15)10-5-6-10/h2-4,7-8,10H,5-6,9H2,1H3,(H,21,22). The summed E-state index contributed by atoms with van der Waals surface area (Å²) < 4.78 is 33.3. The molecule has 0 aliphatic heterocycles. The number of H-pyrrole nitrogens is 1. The summed E-state index contributed by atoms with van der Waals surface area (Å²) in [6, 6.07) is 7.63. The highest BCUT2D eigenvalue weighted by Gasteiger charge is 2.27. The zero-order valence-electron chi connectivity index (χ0n) is 12.7. The molecule has 0 atom stereocenters. The van der Waals surface area contributed by atoms with Gasteiger partial charge in [-0.25, -0.2) is 13.8 Å². The smallest absolute Gasteiger partial charge is 0.150 e. The summed E-state index contributed by atoms with van der Waals surface area (Å²) in [5, 5.41) is 0. The number of rotatable bonds is 4. The number of imidazole rings is 1. The molecular formula is C18H16F2N2O. The summed E-state index contributed by atoms with van der Waals surface area (Å²) in [6.45, 7) is 0. The van der Waals surface area contributed by atoms with Gasteiger partial charge in [0, 0.05) is 23.5 Å². The molecule has 118 valence electrons. The van der Waals surface area contributed by atoms with Crippen LogP contribution >= 0.6 is 0 Å². The number of nitrogens with zero attached hydrogens (tertiary/aromatic N) is 1. The van der Waals surface area contributed by atoms with Crippen LogP contribution in [0.25, 0.3) is 11.0 Å². The maximum atomic E-state index is 13.9. The third kappa shape index (κ3) is 2.46. The first kappa shape index (κ1) is 14.2. The summed E-state index contributed by atoms with van der Waals surface area (Å²) in [7, 11) is 1.56. The first-order valence-electron chi connectivity index (χ1n) is 7.65. The maximum absolute atomic E-state index is 13.9. The van der Waals surface area contributed by atoms with Gasteiger partial charge in [-0.05, 0) is 31.0 Å². The van der Waals surface area contributed by atoms with Gasteiger partial charge in [0.05, 0.1) is 12.6 Å². The second-order valence-electron chi connectivity index (χ2n) is 5.93. The molecule has 1 aliphatic carbocycles. The molecule has 2 aromatic carbocycles. The summed E-state index contributed by atoms with van der Waals surface area (Å²) in [4.78, 5) is 7.93. The molecular weight excluding hydrogens is 298 g/mol. The van der Waals surface area contributed by atoms with Gasteiger partial charge in [-0.2, -0.15) is 0 Å². The Morgan fingerprint density at radius 2 is 1.91 bits per heavy atom. The molecule has 1 N–H and O–H groups in total. The zero-order valence-corrected chi connectivity index (χ0v) is 12.7. The van der Waals surface area contributed by atoms with Crippen molar-refractivity contribution in [2.24, 2.45) is 0 Å². The van der Waals surface area contributed by atoms with Crippen molar-refractivity contribution >= 4 is 11.0 Å². The molecule has 1 fully saturated rings. The van der Waals surface area contributed by atoms with Gasteiger partial charge in [0.1, 0.15) is 28.7 Å². The molecule has 0 unspecified atom stereocenters. The molecule has 0 bridgehead atoms. The summed E-state index contributed by atoms with van der Waals surface area (Å²) in [6.07, 6.45) is 2.42. The third-order valence-electron chi connectivity index (χ3n) is 4.31. The molecule has 23 heavy (non-hydrogen) atoms. The lowest BCUT2D eigenvalue weighted by molar-refractivity contribution is 0.414. The molecule has 3 nitrogen and oxygen atoms in total. The van der Waals surface area contributed by atoms with Crippen molar-refractivity contribution < 1.29 is 13.5 Å². The molecule has 1 saturated carbocycles. The van der Waals surface area contributed by atoms with Crippen molar-refractivity contribution in [2.45, 2.75) is 25.2 Å². The fourth-order valence-electron chi connectivity index (χ4n) is 2.92. The Hall–Kier alpha value is -2.43. The predicted octanol–water partition coefficient (Wildman–Crippen LogP) is 4.32. The van der Waals surface area contributed by atoms with E-state index in [0.29, 0.717) is 11.7 Å². The summed E-state index contributed by atoms with van der Waals surface area (Å²) >= 11 is 0. The number of benzene rings is 2. The molecule has 5 heteroatoms. The van der Waals surface area contributed by atoms with E-state index in [1.54, 1.807) is 7.11 Å². The van der Waals surface area contributed by atoms with Crippen LogP contribution in [0.4, 0.5) is 8.78 Å². The van der Waals surface area contributed by atoms with E-state index in [1.165, 1.54) is 18.2 Å². The molecule has 3 aromatic rings. The number of aromatic nitrogens is 2. The van der Waals surface area contributed by atoms with Gasteiger partial charge in [-0.3, -0.25) is 0 Å². The normalized spacial score (nSPS) is 14.4. The first-order valence-corrected chi connectivity index (χ1v) is 7.65. The van der Waals surface area contributed by atoms with Crippen LogP contribution in [0.5, 0.6) is 5.75 Å². The van der Waals surface area contributed by atoms with E-state index in [2.05, 4.69) is 9.97 Å². The lowest BCUT2D eigenvalue weighted by Crippen LogP contribution is -2.00. The largest absolute Gasteiger partial charge is 0.494 e. The topological polar surface area (TPSA) is 37.9 Å². The van der Waals surface area contributed by atoms with Gasteiger partial charge in [0.15, 0.2) is 0 Å². The maximum Gasteiger partial charge on any atom is 0.150 e. The Balaban J connectivity index is 1.80. The molecule has 4 rings (SSSR count). The Kier molecular flexibility index (Phi) is 3.29. The van der Waals surface area contributed by atoms with E-state index in [4.69, 9.17) is 4.74 Å². The summed E-state index contributed by atoms with van der Waals surface area (Å²) in [5.74, 6) is 0.945. The van der Waals surface area contributed by atoms with Crippen LogP contribution in [0, 0.1) is 11.6 Å². The molecule has 1 aromatic heterocycles. The van der Waals surface area contributed by atoms with E-state index >= 15 is 0 Å². The number of fused-ring (bicyclic) bond motifs is 1. The number of halogens is 2. The van der Waals surface area contributed by atoms with Gasteiger partial charge in [0.25, 0.3) is 0 Å². The fraction of sp³-hybridized carbons (Fsp3) is 0.278. The predicted molar refractivity (Wildman–Crippen MR) is 83.8 cm³/mol. The SMILES string of the molecule is COc1c(Cc2c(F)cccc2F)ccc2[nH]c(C3CC3)nc12. The van der Waals surface area contributed by atoms with E-state index in [1.807, 2.05) is 12.1 Å². The zero-order chi connectivity index (χ0) is 16.0. The Morgan fingerprint density at radius 3 is 2.57 bits per heavy atom. The highest BCUT2D eigenvalue weighted by atomic mass is 19.1. The number of hydrogen-bond acceptors (Lipinski definition) is 2. The van der Waals surface area contributed by atoms with Gasteiger partial charge in [-0.15, -0.1) is 0 Å². The Bertz CT molecular complexity index is 864. The molecule has 0 saturated heterocycles. The van der Waals surface area contributed by atoms with Crippen molar-refractivity contribution in [3.63, 3.8) is 0 Å². The van der Waals surface area contributed by atoms with E-state index in [-0.39, 0.29) is 12.0 Å². The van der Waals surface area contributed by atoms with Crippen LogP contribution in [0.2, 0.25) is 0 Å². The first-order chi connectivity index (χ1) is 11.2. The lowest BCUT2D eigenvalue weighted by atomic mass is 10.0. The monoisotopic (exact) mass is 314 g/mol. The molecule has 1 heterocycles. The van der Waals surface area contributed by atoms with Gasteiger partial charge >= 0.3 is 0 Å². The second-order valence-corrected chi connectivity index (χ2v) is 5.93. The highest BCUT2D eigenvalue weighted by molar-refractivity contribution is 5.83. The van der Waals surface area contributed by atoms with Crippen molar-refractivity contribution in [1.82, 2.24) is 9.97 Å².